The topological polar surface area (TPSA) is 64.7 Å². The smallest absolute Gasteiger partial charge is 0.309 e. The summed E-state index contributed by atoms with van der Waals surface area (Å²) in [4.78, 5) is 26.4. The van der Waals surface area contributed by atoms with Gasteiger partial charge in [0.1, 0.15) is 5.76 Å². The minimum Gasteiger partial charge on any atom is -0.467 e. The van der Waals surface area contributed by atoms with E-state index in [0.717, 1.165) is 5.76 Å². The van der Waals surface area contributed by atoms with Crippen LogP contribution in [0.1, 0.15) is 38.0 Å². The van der Waals surface area contributed by atoms with E-state index in [9.17, 15) is 9.59 Å². The van der Waals surface area contributed by atoms with Gasteiger partial charge in [-0.1, -0.05) is 0 Å². The number of hydrogen-bond donors (Lipinski definition) is 0. The van der Waals surface area contributed by atoms with E-state index >= 15 is 0 Å². The molecule has 2 aromatic rings. The van der Waals surface area contributed by atoms with Gasteiger partial charge in [-0.25, -0.2) is 0 Å². The third-order valence-corrected chi connectivity index (χ3v) is 4.69. The first-order valence-corrected chi connectivity index (χ1v) is 8.79. The Kier molecular flexibility index (Phi) is 5.58. The van der Waals surface area contributed by atoms with Crippen molar-refractivity contribution in [1.29, 1.82) is 0 Å². The number of hydrogen-bond acceptors (Lipinski definition) is 4. The van der Waals surface area contributed by atoms with E-state index in [4.69, 9.17) is 9.15 Å². The van der Waals surface area contributed by atoms with Crippen LogP contribution in [-0.4, -0.2) is 41.0 Å². The number of piperidine rings is 1. The minimum atomic E-state index is -0.153. The molecule has 0 saturated carbocycles. The highest BCUT2D eigenvalue weighted by Crippen LogP contribution is 2.26. The van der Waals surface area contributed by atoms with E-state index in [-0.39, 0.29) is 23.8 Å². The lowest BCUT2D eigenvalue weighted by Crippen LogP contribution is -2.41. The van der Waals surface area contributed by atoms with Gasteiger partial charge in [0, 0.05) is 25.5 Å². The molecule has 2 aromatic heterocycles. The second kappa shape index (κ2) is 8.05. The number of carbonyl (C=O) groups excluding carboxylic acids is 2. The highest BCUT2D eigenvalue weighted by Gasteiger charge is 2.30. The van der Waals surface area contributed by atoms with Crippen LogP contribution in [0.15, 0.2) is 47.3 Å². The molecular formula is C19H24N2O4. The Labute approximate surface area is 147 Å². The Morgan fingerprint density at radius 2 is 1.96 bits per heavy atom. The molecule has 25 heavy (non-hydrogen) atoms. The van der Waals surface area contributed by atoms with Crippen molar-refractivity contribution in [1.82, 2.24) is 9.47 Å². The summed E-state index contributed by atoms with van der Waals surface area (Å²) in [6.07, 6.45) is 7.17. The largest absolute Gasteiger partial charge is 0.467 e. The van der Waals surface area contributed by atoms with Crippen molar-refractivity contribution in [2.45, 2.75) is 32.2 Å². The standard InChI is InChI=1S/C19H24N2O4/c1-2-24-19(23)15-7-11-21(12-8-15)18(22)14-16(17-6-5-13-25-17)20-9-3-4-10-20/h3-6,9-10,13,15-16H,2,7-8,11-12,14H2,1H3/t16-/m0/s1. The first-order valence-electron chi connectivity index (χ1n) is 8.79. The lowest BCUT2D eigenvalue weighted by atomic mass is 9.96. The number of furan rings is 1. The van der Waals surface area contributed by atoms with Crippen LogP contribution in [0.3, 0.4) is 0 Å². The number of amides is 1. The number of esters is 1. The predicted octanol–water partition coefficient (Wildman–Crippen LogP) is 2.86. The average molecular weight is 344 g/mol. The lowest BCUT2D eigenvalue weighted by molar-refractivity contribution is -0.151. The van der Waals surface area contributed by atoms with Crippen molar-refractivity contribution in [2.24, 2.45) is 5.92 Å². The summed E-state index contributed by atoms with van der Waals surface area (Å²) in [5.74, 6) is 0.619. The van der Waals surface area contributed by atoms with E-state index in [1.54, 1.807) is 6.26 Å². The lowest BCUT2D eigenvalue weighted by Gasteiger charge is -2.32. The van der Waals surface area contributed by atoms with Gasteiger partial charge >= 0.3 is 5.97 Å². The maximum atomic E-state index is 12.8. The second-order valence-electron chi connectivity index (χ2n) is 6.27. The quantitative estimate of drug-likeness (QED) is 0.756. The predicted molar refractivity (Wildman–Crippen MR) is 91.8 cm³/mol. The van der Waals surface area contributed by atoms with Crippen molar-refractivity contribution >= 4 is 11.9 Å². The van der Waals surface area contributed by atoms with Gasteiger partial charge in [-0.05, 0) is 44.0 Å². The van der Waals surface area contributed by atoms with Crippen LogP contribution >= 0.6 is 0 Å². The fourth-order valence-corrected chi connectivity index (χ4v) is 3.31. The molecule has 1 aliphatic heterocycles. The summed E-state index contributed by atoms with van der Waals surface area (Å²) in [6.45, 7) is 3.41. The molecule has 0 radical (unpaired) electrons. The Bertz CT molecular complexity index is 636. The third-order valence-electron chi connectivity index (χ3n) is 4.69. The van der Waals surface area contributed by atoms with Gasteiger partial charge in [0.05, 0.1) is 31.3 Å². The van der Waals surface area contributed by atoms with Crippen LogP contribution in [0.5, 0.6) is 0 Å². The van der Waals surface area contributed by atoms with Crippen molar-refractivity contribution in [3.8, 4) is 0 Å². The van der Waals surface area contributed by atoms with Crippen LogP contribution in [0.2, 0.25) is 0 Å². The minimum absolute atomic E-state index is 0.0809. The number of rotatable bonds is 6. The Morgan fingerprint density at radius 1 is 1.24 bits per heavy atom. The van der Waals surface area contributed by atoms with Gasteiger partial charge in [-0.2, -0.15) is 0 Å². The maximum absolute atomic E-state index is 12.8. The highest BCUT2D eigenvalue weighted by molar-refractivity contribution is 5.78. The molecule has 0 N–H and O–H groups in total. The number of ether oxygens (including phenoxy) is 1. The molecule has 3 rings (SSSR count). The summed E-state index contributed by atoms with van der Waals surface area (Å²) < 4.78 is 12.6. The molecule has 1 amide bonds. The average Bonchev–Trinajstić information content (AvgIpc) is 3.33. The van der Waals surface area contributed by atoms with E-state index in [0.29, 0.717) is 39.0 Å². The normalized spacial score (nSPS) is 16.6. The second-order valence-corrected chi connectivity index (χ2v) is 6.27. The molecule has 0 bridgehead atoms. The van der Waals surface area contributed by atoms with Crippen molar-refractivity contribution in [3.05, 3.63) is 48.7 Å². The summed E-state index contributed by atoms with van der Waals surface area (Å²) in [5.41, 5.74) is 0. The fourth-order valence-electron chi connectivity index (χ4n) is 3.31. The van der Waals surface area contributed by atoms with Gasteiger partial charge in [0.15, 0.2) is 0 Å². The first-order chi connectivity index (χ1) is 12.2. The zero-order valence-electron chi connectivity index (χ0n) is 14.5. The molecule has 6 heteroatoms. The van der Waals surface area contributed by atoms with Gasteiger partial charge in [0.2, 0.25) is 5.91 Å². The SMILES string of the molecule is CCOC(=O)C1CCN(C(=O)C[C@@H](c2ccco2)n2cccc2)CC1. The molecule has 6 nitrogen and oxygen atoms in total. The fraction of sp³-hybridized carbons (Fsp3) is 0.474. The van der Waals surface area contributed by atoms with Gasteiger partial charge in [0.25, 0.3) is 0 Å². The van der Waals surface area contributed by atoms with E-state index < -0.39 is 0 Å². The first kappa shape index (κ1) is 17.3. The van der Waals surface area contributed by atoms with Crippen LogP contribution in [-0.2, 0) is 14.3 Å². The summed E-state index contributed by atoms with van der Waals surface area (Å²) in [7, 11) is 0. The van der Waals surface area contributed by atoms with Gasteiger partial charge in [-0.3, -0.25) is 9.59 Å². The molecule has 0 aliphatic carbocycles. The molecule has 1 atom stereocenters. The molecular weight excluding hydrogens is 320 g/mol. The molecule has 1 aliphatic rings. The van der Waals surface area contributed by atoms with Gasteiger partial charge < -0.3 is 18.6 Å². The monoisotopic (exact) mass is 344 g/mol. The highest BCUT2D eigenvalue weighted by atomic mass is 16.5. The third kappa shape index (κ3) is 4.13. The van der Waals surface area contributed by atoms with Crippen molar-refractivity contribution in [3.63, 3.8) is 0 Å². The Hall–Kier alpha value is -2.50. The molecule has 0 unspecified atom stereocenters. The molecule has 1 fully saturated rings. The maximum Gasteiger partial charge on any atom is 0.309 e. The summed E-state index contributed by atoms with van der Waals surface area (Å²) in [5, 5.41) is 0. The number of carbonyl (C=O) groups is 2. The van der Waals surface area contributed by atoms with E-state index in [1.165, 1.54) is 0 Å². The zero-order valence-corrected chi connectivity index (χ0v) is 14.5. The van der Waals surface area contributed by atoms with Crippen LogP contribution in [0.4, 0.5) is 0 Å². The molecule has 0 aromatic carbocycles. The molecule has 1 saturated heterocycles. The van der Waals surface area contributed by atoms with Crippen LogP contribution in [0.25, 0.3) is 0 Å². The van der Waals surface area contributed by atoms with Crippen molar-refractivity contribution in [2.75, 3.05) is 19.7 Å². The Morgan fingerprint density at radius 3 is 2.56 bits per heavy atom. The number of aromatic nitrogens is 1. The van der Waals surface area contributed by atoms with E-state index in [1.807, 2.05) is 53.0 Å². The summed E-state index contributed by atoms with van der Waals surface area (Å²) in [6, 6.07) is 7.45. The molecule has 0 spiro atoms. The van der Waals surface area contributed by atoms with Crippen LogP contribution < -0.4 is 0 Å². The van der Waals surface area contributed by atoms with E-state index in [2.05, 4.69) is 0 Å². The molecule has 134 valence electrons. The van der Waals surface area contributed by atoms with Crippen molar-refractivity contribution < 1.29 is 18.7 Å². The number of likely N-dealkylation sites (tertiary alicyclic amines) is 1. The summed E-state index contributed by atoms with van der Waals surface area (Å²) >= 11 is 0. The Balaban J connectivity index is 1.60. The number of nitrogens with zero attached hydrogens (tertiary/aromatic N) is 2. The van der Waals surface area contributed by atoms with Crippen LogP contribution in [0, 0.1) is 5.92 Å². The zero-order chi connectivity index (χ0) is 17.6. The van der Waals surface area contributed by atoms with Gasteiger partial charge in [-0.15, -0.1) is 0 Å². The molecule has 3 heterocycles.